The molecular formula is C52H42N2Si. The van der Waals surface area contributed by atoms with Gasteiger partial charge in [-0.15, -0.1) is 0 Å². The van der Waals surface area contributed by atoms with Crippen LogP contribution in [-0.2, 0) is 0 Å². The number of hydrogen-bond donors (Lipinski definition) is 0. The van der Waals surface area contributed by atoms with E-state index in [1.165, 1.54) is 76.0 Å². The van der Waals surface area contributed by atoms with E-state index in [1.807, 2.05) is 0 Å². The lowest BCUT2D eigenvalue weighted by molar-refractivity contribution is 0.739. The average molecular weight is 723 g/mol. The van der Waals surface area contributed by atoms with Crippen LogP contribution >= 0.6 is 0 Å². The number of fused-ring (bicyclic) bond motifs is 6. The van der Waals surface area contributed by atoms with Gasteiger partial charge < -0.3 is 9.13 Å². The Morgan fingerprint density at radius 1 is 0.327 bits per heavy atom. The zero-order valence-corrected chi connectivity index (χ0v) is 32.4. The van der Waals surface area contributed by atoms with Crippen molar-refractivity contribution in [3.63, 3.8) is 0 Å². The maximum absolute atomic E-state index is 2.61. The molecule has 10 rings (SSSR count). The Morgan fingerprint density at radius 3 is 1.49 bits per heavy atom. The summed E-state index contributed by atoms with van der Waals surface area (Å²) in [5, 5.41) is 9.27. The zero-order chi connectivity index (χ0) is 37.1. The summed E-state index contributed by atoms with van der Waals surface area (Å²) in [6.07, 6.45) is 0. The van der Waals surface area contributed by atoms with E-state index in [2.05, 4.69) is 230 Å². The van der Waals surface area contributed by atoms with Crippen molar-refractivity contribution in [3.8, 4) is 22.5 Å². The molecule has 3 heteroatoms. The Balaban J connectivity index is 1.31. The molecule has 8 aromatic carbocycles. The Bertz CT molecular complexity index is 2950. The van der Waals surface area contributed by atoms with Gasteiger partial charge in [0.05, 0.1) is 22.1 Å². The minimum atomic E-state index is -2.61. The van der Waals surface area contributed by atoms with E-state index in [1.54, 1.807) is 0 Å². The molecule has 0 aliphatic heterocycles. The molecule has 0 aliphatic rings. The lowest BCUT2D eigenvalue weighted by Gasteiger charge is -2.44. The molecule has 2 heterocycles. The van der Waals surface area contributed by atoms with Gasteiger partial charge in [-0.3, -0.25) is 0 Å². The zero-order valence-electron chi connectivity index (χ0n) is 31.4. The quantitative estimate of drug-likeness (QED) is 0.119. The molecule has 0 amide bonds. The molecule has 10 aromatic rings. The number of hydrogen-bond acceptors (Lipinski definition) is 0. The van der Waals surface area contributed by atoms with Crippen LogP contribution in [0.2, 0.25) is 5.04 Å². The third-order valence-electron chi connectivity index (χ3n) is 11.8. The average Bonchev–Trinajstić information content (AvgIpc) is 3.74. The minimum absolute atomic E-state index is 0.0289. The third-order valence-corrected chi connectivity index (χ3v) is 17.6. The van der Waals surface area contributed by atoms with E-state index in [0.717, 1.165) is 5.69 Å². The van der Waals surface area contributed by atoms with Crippen LogP contribution in [0.4, 0.5) is 0 Å². The van der Waals surface area contributed by atoms with Gasteiger partial charge in [-0.2, -0.15) is 0 Å². The molecule has 55 heavy (non-hydrogen) atoms. The lowest BCUT2D eigenvalue weighted by atomic mass is 10.0. The van der Waals surface area contributed by atoms with Crippen molar-refractivity contribution in [1.82, 2.24) is 9.13 Å². The topological polar surface area (TPSA) is 9.86 Å². The first kappa shape index (κ1) is 33.2. The van der Waals surface area contributed by atoms with Gasteiger partial charge in [-0.05, 0) is 80.3 Å². The summed E-state index contributed by atoms with van der Waals surface area (Å²) in [5.41, 5.74) is 9.62. The third kappa shape index (κ3) is 5.15. The van der Waals surface area contributed by atoms with E-state index in [-0.39, 0.29) is 5.04 Å². The van der Waals surface area contributed by atoms with E-state index < -0.39 is 8.07 Å². The lowest BCUT2D eigenvalue weighted by Crippen LogP contribution is -2.72. The van der Waals surface area contributed by atoms with Crippen molar-refractivity contribution in [2.24, 2.45) is 0 Å². The van der Waals surface area contributed by atoms with Gasteiger partial charge in [-0.25, -0.2) is 0 Å². The maximum atomic E-state index is 2.55. The Kier molecular flexibility index (Phi) is 7.76. The fourth-order valence-corrected chi connectivity index (χ4v) is 15.1. The van der Waals surface area contributed by atoms with Crippen LogP contribution < -0.4 is 15.6 Å². The first-order chi connectivity index (χ1) is 26.9. The van der Waals surface area contributed by atoms with E-state index in [0.29, 0.717) is 0 Å². The monoisotopic (exact) mass is 722 g/mol. The number of benzene rings is 8. The first-order valence-electron chi connectivity index (χ1n) is 19.3. The second-order valence-corrected chi connectivity index (χ2v) is 20.5. The van der Waals surface area contributed by atoms with Crippen LogP contribution in [0, 0.1) is 0 Å². The minimum Gasteiger partial charge on any atom is -0.309 e. The van der Waals surface area contributed by atoms with Gasteiger partial charge >= 0.3 is 0 Å². The van der Waals surface area contributed by atoms with Crippen molar-refractivity contribution in [2.45, 2.75) is 25.8 Å². The van der Waals surface area contributed by atoms with Crippen LogP contribution in [0.5, 0.6) is 0 Å². The number of rotatable bonds is 6. The second kappa shape index (κ2) is 12.9. The summed E-state index contributed by atoms with van der Waals surface area (Å²) in [7, 11) is -2.61. The van der Waals surface area contributed by atoms with Crippen LogP contribution in [0.25, 0.3) is 66.1 Å². The van der Waals surface area contributed by atoms with Gasteiger partial charge in [0.25, 0.3) is 0 Å². The van der Waals surface area contributed by atoms with Gasteiger partial charge in [0, 0.05) is 32.9 Å². The Hall–Kier alpha value is -6.42. The highest BCUT2D eigenvalue weighted by Crippen LogP contribution is 2.40. The molecule has 264 valence electrons. The highest BCUT2D eigenvalue weighted by molar-refractivity contribution is 7.13. The predicted molar refractivity (Wildman–Crippen MR) is 238 cm³/mol. The van der Waals surface area contributed by atoms with Crippen LogP contribution in [0.1, 0.15) is 20.8 Å². The summed E-state index contributed by atoms with van der Waals surface area (Å²) in [6, 6.07) is 74.4. The summed E-state index contributed by atoms with van der Waals surface area (Å²) in [6.45, 7) is 7.34. The van der Waals surface area contributed by atoms with Crippen molar-refractivity contribution < 1.29 is 0 Å². The van der Waals surface area contributed by atoms with E-state index in [4.69, 9.17) is 0 Å². The molecular weight excluding hydrogens is 681 g/mol. The van der Waals surface area contributed by atoms with Crippen molar-refractivity contribution in [2.75, 3.05) is 0 Å². The van der Waals surface area contributed by atoms with Gasteiger partial charge in [0.1, 0.15) is 0 Å². The summed E-state index contributed by atoms with van der Waals surface area (Å²) < 4.78 is 4.93. The highest BCUT2D eigenvalue weighted by atomic mass is 28.3. The molecule has 0 unspecified atom stereocenters. The largest absolute Gasteiger partial charge is 0.309 e. The first-order valence-corrected chi connectivity index (χ1v) is 21.3. The Morgan fingerprint density at radius 2 is 0.836 bits per heavy atom. The van der Waals surface area contributed by atoms with Crippen LogP contribution in [-0.4, -0.2) is 17.2 Å². The smallest absolute Gasteiger partial charge is 0.153 e. The van der Waals surface area contributed by atoms with Gasteiger partial charge in [0.15, 0.2) is 8.07 Å². The predicted octanol–water partition coefficient (Wildman–Crippen LogP) is 11.8. The molecule has 2 aromatic heterocycles. The Labute approximate surface area is 323 Å². The maximum Gasteiger partial charge on any atom is 0.153 e. The van der Waals surface area contributed by atoms with Crippen molar-refractivity contribution in [3.05, 3.63) is 200 Å². The molecule has 0 fully saturated rings. The molecule has 0 radical (unpaired) electrons. The fraction of sp³-hybridized carbons (Fsp3) is 0.0769. The SMILES string of the molecule is CC(C)(C)[Si](c1ccccc1)(c1ccccc1)c1ccc2c3ccc(-c4ccccc4)cc3n(-c3ccc4c(c3)c3ccccc3n4-c3ccccc3)c2c1. The standard InChI is InChI=1S/C52H42N2Si/c1-52(2,3)55(41-22-12-6-13-23-41,42-24-14-7-15-25-42)43-30-32-46-45-31-28-38(37-18-8-4-9-19-37)34-50(45)54(51(46)36-43)40-29-33-49-47(35-40)44-26-16-17-27-48(44)53(49)39-20-10-5-11-21-39/h4-36H,1-3H3. The molecule has 0 bridgehead atoms. The molecule has 0 saturated carbocycles. The summed E-state index contributed by atoms with van der Waals surface area (Å²) in [5.74, 6) is 0. The number of nitrogens with zero attached hydrogens (tertiary/aromatic N) is 2. The van der Waals surface area contributed by atoms with Crippen molar-refractivity contribution in [1.29, 1.82) is 0 Å². The number of aromatic nitrogens is 2. The molecule has 0 atom stereocenters. The fourth-order valence-electron chi connectivity index (χ4n) is 9.47. The van der Waals surface area contributed by atoms with E-state index in [9.17, 15) is 0 Å². The van der Waals surface area contributed by atoms with Crippen molar-refractivity contribution >= 4 is 67.2 Å². The van der Waals surface area contributed by atoms with Gasteiger partial charge in [0.2, 0.25) is 0 Å². The number of para-hydroxylation sites is 2. The van der Waals surface area contributed by atoms with E-state index >= 15 is 0 Å². The van der Waals surface area contributed by atoms with Gasteiger partial charge in [-0.1, -0.05) is 172 Å². The normalized spacial score (nSPS) is 12.3. The molecule has 2 nitrogen and oxygen atoms in total. The summed E-state index contributed by atoms with van der Waals surface area (Å²) >= 11 is 0. The highest BCUT2D eigenvalue weighted by Gasteiger charge is 2.49. The molecule has 0 N–H and O–H groups in total. The molecule has 0 spiro atoms. The van der Waals surface area contributed by atoms with Crippen LogP contribution in [0.15, 0.2) is 200 Å². The second-order valence-electron chi connectivity index (χ2n) is 15.8. The molecule has 0 aliphatic carbocycles. The van der Waals surface area contributed by atoms with Crippen LogP contribution in [0.3, 0.4) is 0 Å². The summed E-state index contributed by atoms with van der Waals surface area (Å²) in [4.78, 5) is 0. The molecule has 0 saturated heterocycles.